The molecule has 1 aromatic rings. The first-order valence-electron chi connectivity index (χ1n) is 6.83. The van der Waals surface area contributed by atoms with Gasteiger partial charge in [0.1, 0.15) is 0 Å². The van der Waals surface area contributed by atoms with E-state index in [1.165, 1.54) is 5.56 Å². The van der Waals surface area contributed by atoms with E-state index in [2.05, 4.69) is 21.3 Å². The Labute approximate surface area is 127 Å². The molecule has 0 saturated carbocycles. The van der Waals surface area contributed by atoms with Crippen LogP contribution >= 0.6 is 12.4 Å². The first kappa shape index (κ1) is 17.3. The Balaban J connectivity index is 0.00000200. The number of piperazine rings is 1. The molecule has 5 nitrogen and oxygen atoms in total. The van der Waals surface area contributed by atoms with Gasteiger partial charge in [-0.05, 0) is 11.6 Å². The van der Waals surface area contributed by atoms with Crippen molar-refractivity contribution in [3.05, 3.63) is 30.1 Å². The fourth-order valence-electron chi connectivity index (χ4n) is 2.34. The topological polar surface area (TPSA) is 46.6 Å². The van der Waals surface area contributed by atoms with Gasteiger partial charge < -0.3 is 14.8 Å². The van der Waals surface area contributed by atoms with Crippen LogP contribution in [0.5, 0.6) is 0 Å². The predicted molar refractivity (Wildman–Crippen MR) is 81.4 cm³/mol. The van der Waals surface area contributed by atoms with E-state index in [1.54, 1.807) is 7.11 Å². The second-order valence-corrected chi connectivity index (χ2v) is 4.65. The van der Waals surface area contributed by atoms with Gasteiger partial charge in [0.15, 0.2) is 0 Å². The summed E-state index contributed by atoms with van der Waals surface area (Å²) in [4.78, 5) is 6.67. The zero-order chi connectivity index (χ0) is 13.3. The molecule has 0 bridgehead atoms. The predicted octanol–water partition coefficient (Wildman–Crippen LogP) is 1.11. The molecule has 1 atom stereocenters. The molecule has 114 valence electrons. The Bertz CT molecular complexity index is 354. The third kappa shape index (κ3) is 5.34. The van der Waals surface area contributed by atoms with Gasteiger partial charge >= 0.3 is 0 Å². The molecule has 1 N–H and O–H groups in total. The number of hydrogen-bond donors (Lipinski definition) is 1. The van der Waals surface area contributed by atoms with Gasteiger partial charge in [-0.1, -0.05) is 6.07 Å². The molecule has 0 radical (unpaired) electrons. The summed E-state index contributed by atoms with van der Waals surface area (Å²) in [6, 6.07) is 4.54. The fourth-order valence-corrected chi connectivity index (χ4v) is 2.34. The summed E-state index contributed by atoms with van der Waals surface area (Å²) >= 11 is 0. The minimum absolute atomic E-state index is 0. The van der Waals surface area contributed by atoms with Gasteiger partial charge in [0.25, 0.3) is 0 Å². The van der Waals surface area contributed by atoms with Gasteiger partial charge in [-0.15, -0.1) is 12.4 Å². The molecule has 1 aromatic heterocycles. The maximum Gasteiger partial charge on any atom is 0.0700 e. The van der Waals surface area contributed by atoms with Gasteiger partial charge in [-0.2, -0.15) is 0 Å². The van der Waals surface area contributed by atoms with Gasteiger partial charge in [0.2, 0.25) is 0 Å². The minimum atomic E-state index is 0. The number of aromatic nitrogens is 1. The van der Waals surface area contributed by atoms with Crippen LogP contribution in [0, 0.1) is 0 Å². The number of nitrogens with zero attached hydrogens (tertiary/aromatic N) is 2. The highest BCUT2D eigenvalue weighted by atomic mass is 35.5. The molecule has 1 aliphatic rings. The molecular weight excluding hydrogens is 278 g/mol. The number of rotatable bonds is 7. The fraction of sp³-hybridized carbons (Fsp3) is 0.643. The number of ether oxygens (including phenoxy) is 2. The standard InChI is InChI=1S/C14H23N3O2.ClH/c1-18-9-10-19-8-7-17-6-5-16-12-14(17)13-3-2-4-15-11-13;/h2-4,11,14,16H,5-10,12H2,1H3;1H. The molecular formula is C14H24ClN3O2. The lowest BCUT2D eigenvalue weighted by atomic mass is 10.1. The number of hydrogen-bond acceptors (Lipinski definition) is 5. The van der Waals surface area contributed by atoms with E-state index in [1.807, 2.05) is 18.5 Å². The molecule has 1 aliphatic heterocycles. The lowest BCUT2D eigenvalue weighted by Crippen LogP contribution is -2.47. The van der Waals surface area contributed by atoms with Gasteiger partial charge in [-0.3, -0.25) is 9.88 Å². The van der Waals surface area contributed by atoms with E-state index in [4.69, 9.17) is 9.47 Å². The Hall–Kier alpha value is -0.720. The van der Waals surface area contributed by atoms with Crippen molar-refractivity contribution < 1.29 is 9.47 Å². The molecule has 0 amide bonds. The summed E-state index contributed by atoms with van der Waals surface area (Å²) < 4.78 is 10.5. The Kier molecular flexibility index (Phi) is 8.73. The average molecular weight is 302 g/mol. The van der Waals surface area contributed by atoms with Crippen molar-refractivity contribution in [3.8, 4) is 0 Å². The zero-order valence-corrected chi connectivity index (χ0v) is 12.8. The van der Waals surface area contributed by atoms with E-state index >= 15 is 0 Å². The summed E-state index contributed by atoms with van der Waals surface area (Å²) in [6.45, 7) is 6.09. The Morgan fingerprint density at radius 2 is 2.30 bits per heavy atom. The van der Waals surface area contributed by atoms with Crippen LogP contribution in [0.3, 0.4) is 0 Å². The molecule has 0 aromatic carbocycles. The van der Waals surface area contributed by atoms with E-state index in [0.29, 0.717) is 19.3 Å². The monoisotopic (exact) mass is 301 g/mol. The second kappa shape index (κ2) is 10.1. The van der Waals surface area contributed by atoms with Gasteiger partial charge in [0.05, 0.1) is 19.8 Å². The van der Waals surface area contributed by atoms with Crippen LogP contribution in [0.4, 0.5) is 0 Å². The van der Waals surface area contributed by atoms with E-state index in [0.717, 1.165) is 32.8 Å². The van der Waals surface area contributed by atoms with Crippen LogP contribution in [-0.4, -0.2) is 63.0 Å². The van der Waals surface area contributed by atoms with E-state index < -0.39 is 0 Å². The van der Waals surface area contributed by atoms with Crippen molar-refractivity contribution in [1.29, 1.82) is 0 Å². The van der Waals surface area contributed by atoms with Crippen molar-refractivity contribution in [1.82, 2.24) is 15.2 Å². The average Bonchev–Trinajstić information content (AvgIpc) is 2.48. The first-order chi connectivity index (χ1) is 9.42. The summed E-state index contributed by atoms with van der Waals surface area (Å²) in [5.74, 6) is 0. The van der Waals surface area contributed by atoms with Crippen LogP contribution < -0.4 is 5.32 Å². The second-order valence-electron chi connectivity index (χ2n) is 4.65. The van der Waals surface area contributed by atoms with E-state index in [9.17, 15) is 0 Å². The largest absolute Gasteiger partial charge is 0.382 e. The van der Waals surface area contributed by atoms with Crippen molar-refractivity contribution in [2.45, 2.75) is 6.04 Å². The zero-order valence-electron chi connectivity index (χ0n) is 12.0. The van der Waals surface area contributed by atoms with Crippen molar-refractivity contribution >= 4 is 12.4 Å². The Morgan fingerprint density at radius 1 is 1.40 bits per heavy atom. The van der Waals surface area contributed by atoms with Crippen LogP contribution in [0.2, 0.25) is 0 Å². The molecule has 1 fully saturated rings. The molecule has 1 saturated heterocycles. The first-order valence-corrected chi connectivity index (χ1v) is 6.83. The van der Waals surface area contributed by atoms with Crippen LogP contribution in [0.1, 0.15) is 11.6 Å². The Morgan fingerprint density at radius 3 is 3.05 bits per heavy atom. The summed E-state index contributed by atoms with van der Waals surface area (Å²) in [6.07, 6.45) is 3.77. The third-order valence-corrected chi connectivity index (χ3v) is 3.38. The lowest BCUT2D eigenvalue weighted by molar-refractivity contribution is 0.0447. The molecule has 1 unspecified atom stereocenters. The van der Waals surface area contributed by atoms with Gasteiger partial charge in [-0.25, -0.2) is 0 Å². The molecule has 0 aliphatic carbocycles. The van der Waals surface area contributed by atoms with Crippen LogP contribution in [-0.2, 0) is 9.47 Å². The van der Waals surface area contributed by atoms with Crippen molar-refractivity contribution in [3.63, 3.8) is 0 Å². The maximum atomic E-state index is 5.56. The van der Waals surface area contributed by atoms with Crippen molar-refractivity contribution in [2.24, 2.45) is 0 Å². The summed E-state index contributed by atoms with van der Waals surface area (Å²) in [5, 5.41) is 3.44. The SMILES string of the molecule is COCCOCCN1CCNCC1c1cccnc1.Cl. The number of nitrogens with one attached hydrogen (secondary N) is 1. The smallest absolute Gasteiger partial charge is 0.0700 e. The molecule has 6 heteroatoms. The molecule has 2 heterocycles. The quantitative estimate of drug-likeness (QED) is 0.765. The highest BCUT2D eigenvalue weighted by Crippen LogP contribution is 2.20. The molecule has 2 rings (SSSR count). The molecule has 0 spiro atoms. The molecule has 20 heavy (non-hydrogen) atoms. The maximum absolute atomic E-state index is 5.56. The minimum Gasteiger partial charge on any atom is -0.382 e. The van der Waals surface area contributed by atoms with Crippen LogP contribution in [0.25, 0.3) is 0 Å². The van der Waals surface area contributed by atoms with Crippen molar-refractivity contribution in [2.75, 3.05) is 53.1 Å². The summed E-state index contributed by atoms with van der Waals surface area (Å²) in [5.41, 5.74) is 1.27. The lowest BCUT2D eigenvalue weighted by Gasteiger charge is -2.36. The third-order valence-electron chi connectivity index (χ3n) is 3.38. The number of halogens is 1. The number of pyridine rings is 1. The highest BCUT2D eigenvalue weighted by molar-refractivity contribution is 5.85. The highest BCUT2D eigenvalue weighted by Gasteiger charge is 2.23. The summed E-state index contributed by atoms with van der Waals surface area (Å²) in [7, 11) is 1.69. The number of methoxy groups -OCH3 is 1. The normalized spacial score (nSPS) is 19.6. The van der Waals surface area contributed by atoms with E-state index in [-0.39, 0.29) is 12.4 Å². The van der Waals surface area contributed by atoms with Crippen LogP contribution in [0.15, 0.2) is 24.5 Å². The van der Waals surface area contributed by atoms with Gasteiger partial charge in [0, 0.05) is 51.7 Å².